The van der Waals surface area contributed by atoms with E-state index in [0.717, 1.165) is 12.8 Å². The predicted molar refractivity (Wildman–Crippen MR) is 75.4 cm³/mol. The van der Waals surface area contributed by atoms with Gasteiger partial charge in [0.15, 0.2) is 0 Å². The Morgan fingerprint density at radius 2 is 2.11 bits per heavy atom. The molecule has 100 valence electrons. The highest BCUT2D eigenvalue weighted by Crippen LogP contribution is 2.40. The molecule has 1 saturated carbocycles. The van der Waals surface area contributed by atoms with E-state index in [-0.39, 0.29) is 6.10 Å². The first-order valence-corrected chi connectivity index (χ1v) is 7.09. The summed E-state index contributed by atoms with van der Waals surface area (Å²) in [6.45, 7) is 6.87. The van der Waals surface area contributed by atoms with E-state index < -0.39 is 0 Å². The highest BCUT2D eigenvalue weighted by molar-refractivity contribution is 9.10. The van der Waals surface area contributed by atoms with Gasteiger partial charge in [-0.15, -0.1) is 0 Å². The van der Waals surface area contributed by atoms with Gasteiger partial charge in [0.05, 0.1) is 0 Å². The van der Waals surface area contributed by atoms with Crippen LogP contribution in [0.2, 0.25) is 0 Å². The maximum Gasteiger partial charge on any atom is 0.233 e. The van der Waals surface area contributed by atoms with Gasteiger partial charge in [-0.05, 0) is 46.5 Å². The lowest BCUT2D eigenvalue weighted by Gasteiger charge is -2.38. The number of anilines is 1. The van der Waals surface area contributed by atoms with Crippen molar-refractivity contribution in [2.24, 2.45) is 11.3 Å². The highest BCUT2D eigenvalue weighted by atomic mass is 79.9. The molecule has 2 unspecified atom stereocenters. The van der Waals surface area contributed by atoms with E-state index in [0.29, 0.717) is 27.5 Å². The zero-order chi connectivity index (χ0) is 13.3. The van der Waals surface area contributed by atoms with Crippen molar-refractivity contribution in [1.29, 1.82) is 0 Å². The minimum Gasteiger partial charge on any atom is -0.473 e. The summed E-state index contributed by atoms with van der Waals surface area (Å²) < 4.78 is 6.65. The van der Waals surface area contributed by atoms with Crippen LogP contribution in [-0.4, -0.2) is 16.1 Å². The molecule has 1 aromatic heterocycles. The lowest BCUT2D eigenvalue weighted by atomic mass is 9.71. The minimum atomic E-state index is 0.203. The van der Waals surface area contributed by atoms with E-state index in [1.165, 1.54) is 12.7 Å². The molecule has 0 bridgehead atoms. The Morgan fingerprint density at radius 1 is 1.39 bits per heavy atom. The van der Waals surface area contributed by atoms with Crippen molar-refractivity contribution in [2.75, 3.05) is 5.73 Å². The molecule has 2 rings (SSSR count). The van der Waals surface area contributed by atoms with Gasteiger partial charge in [0.1, 0.15) is 22.7 Å². The first-order chi connectivity index (χ1) is 8.37. The number of rotatable bonds is 2. The standard InChI is InChI=1S/C13H20BrN3O/c1-8-4-9(6-13(2,3)5-8)18-12-10(14)11(15)16-7-17-12/h7-9H,4-6H2,1-3H3,(H2,15,16,17). The Hall–Kier alpha value is -0.840. The normalized spacial score (nSPS) is 26.9. The number of nitrogens with zero attached hydrogens (tertiary/aromatic N) is 2. The fraction of sp³-hybridized carbons (Fsp3) is 0.692. The number of halogens is 1. The van der Waals surface area contributed by atoms with Crippen molar-refractivity contribution in [3.8, 4) is 5.88 Å². The van der Waals surface area contributed by atoms with E-state index >= 15 is 0 Å². The third-order valence-corrected chi connectivity index (χ3v) is 4.15. The van der Waals surface area contributed by atoms with Gasteiger partial charge in [0, 0.05) is 0 Å². The van der Waals surface area contributed by atoms with Crippen molar-refractivity contribution < 1.29 is 4.74 Å². The fourth-order valence-corrected chi connectivity index (χ4v) is 3.25. The Balaban J connectivity index is 2.11. The van der Waals surface area contributed by atoms with Crippen molar-refractivity contribution in [2.45, 2.75) is 46.1 Å². The lowest BCUT2D eigenvalue weighted by molar-refractivity contribution is 0.0527. The molecular weight excluding hydrogens is 294 g/mol. The predicted octanol–water partition coefficient (Wildman–Crippen LogP) is 3.41. The molecule has 18 heavy (non-hydrogen) atoms. The molecule has 4 nitrogen and oxygen atoms in total. The van der Waals surface area contributed by atoms with Gasteiger partial charge in [0.2, 0.25) is 5.88 Å². The van der Waals surface area contributed by atoms with Crippen molar-refractivity contribution in [1.82, 2.24) is 9.97 Å². The highest BCUT2D eigenvalue weighted by Gasteiger charge is 2.33. The van der Waals surface area contributed by atoms with Crippen LogP contribution < -0.4 is 10.5 Å². The molecule has 0 aliphatic heterocycles. The second kappa shape index (κ2) is 5.03. The maximum absolute atomic E-state index is 5.99. The average Bonchev–Trinajstić information content (AvgIpc) is 2.22. The quantitative estimate of drug-likeness (QED) is 0.908. The fourth-order valence-electron chi connectivity index (χ4n) is 2.95. The summed E-state index contributed by atoms with van der Waals surface area (Å²) >= 11 is 3.38. The van der Waals surface area contributed by atoms with Gasteiger partial charge < -0.3 is 10.5 Å². The van der Waals surface area contributed by atoms with Crippen LogP contribution in [0.15, 0.2) is 10.8 Å². The zero-order valence-corrected chi connectivity index (χ0v) is 12.7. The summed E-state index contributed by atoms with van der Waals surface area (Å²) in [5.74, 6) is 1.65. The Morgan fingerprint density at radius 3 is 2.78 bits per heavy atom. The van der Waals surface area contributed by atoms with Crippen molar-refractivity contribution >= 4 is 21.7 Å². The molecule has 2 atom stereocenters. The van der Waals surface area contributed by atoms with E-state index in [1.807, 2.05) is 0 Å². The van der Waals surface area contributed by atoms with Crippen LogP contribution in [0, 0.1) is 11.3 Å². The van der Waals surface area contributed by atoms with Gasteiger partial charge in [-0.2, -0.15) is 0 Å². The van der Waals surface area contributed by atoms with Crippen molar-refractivity contribution in [3.05, 3.63) is 10.8 Å². The average molecular weight is 314 g/mol. The largest absolute Gasteiger partial charge is 0.473 e. The van der Waals surface area contributed by atoms with E-state index in [4.69, 9.17) is 10.5 Å². The van der Waals surface area contributed by atoms with Gasteiger partial charge in [-0.3, -0.25) is 0 Å². The number of nitrogens with two attached hydrogens (primary N) is 1. The summed E-state index contributed by atoms with van der Waals surface area (Å²) in [5.41, 5.74) is 6.06. The van der Waals surface area contributed by atoms with Gasteiger partial charge >= 0.3 is 0 Å². The van der Waals surface area contributed by atoms with Crippen LogP contribution in [0.4, 0.5) is 5.82 Å². The Bertz CT molecular complexity index is 436. The topological polar surface area (TPSA) is 61.0 Å². The SMILES string of the molecule is CC1CC(Oc2ncnc(N)c2Br)CC(C)(C)C1. The molecule has 0 radical (unpaired) electrons. The number of aromatic nitrogens is 2. The van der Waals surface area contributed by atoms with E-state index in [9.17, 15) is 0 Å². The summed E-state index contributed by atoms with van der Waals surface area (Å²) in [5, 5.41) is 0. The smallest absolute Gasteiger partial charge is 0.233 e. The molecule has 1 aliphatic rings. The van der Waals surface area contributed by atoms with Crippen LogP contribution in [0.3, 0.4) is 0 Å². The molecule has 5 heteroatoms. The number of ether oxygens (including phenoxy) is 1. The third kappa shape index (κ3) is 3.13. The monoisotopic (exact) mass is 313 g/mol. The second-order valence-electron chi connectivity index (χ2n) is 6.03. The van der Waals surface area contributed by atoms with Gasteiger partial charge in [-0.25, -0.2) is 9.97 Å². The number of hydrogen-bond donors (Lipinski definition) is 1. The van der Waals surface area contributed by atoms with E-state index in [1.54, 1.807) is 0 Å². The molecule has 0 amide bonds. The second-order valence-corrected chi connectivity index (χ2v) is 6.82. The van der Waals surface area contributed by atoms with Crippen LogP contribution in [-0.2, 0) is 0 Å². The molecule has 2 N–H and O–H groups in total. The third-order valence-electron chi connectivity index (χ3n) is 3.41. The van der Waals surface area contributed by atoms with Crippen LogP contribution in [0.1, 0.15) is 40.0 Å². The lowest BCUT2D eigenvalue weighted by Crippen LogP contribution is -2.34. The van der Waals surface area contributed by atoms with E-state index in [2.05, 4.69) is 46.7 Å². The summed E-state index contributed by atoms with van der Waals surface area (Å²) in [6.07, 6.45) is 5.01. The van der Waals surface area contributed by atoms with Gasteiger partial charge in [-0.1, -0.05) is 20.8 Å². The minimum absolute atomic E-state index is 0.203. The molecule has 0 saturated heterocycles. The first-order valence-electron chi connectivity index (χ1n) is 6.30. The first kappa shape index (κ1) is 13.6. The summed E-state index contributed by atoms with van der Waals surface area (Å²) in [7, 11) is 0. The van der Waals surface area contributed by atoms with Crippen molar-refractivity contribution in [3.63, 3.8) is 0 Å². The summed E-state index contributed by atoms with van der Waals surface area (Å²) in [6, 6.07) is 0. The molecule has 1 aromatic rings. The molecule has 1 heterocycles. The molecule has 0 spiro atoms. The molecule has 1 aliphatic carbocycles. The number of hydrogen-bond acceptors (Lipinski definition) is 4. The molecule has 0 aromatic carbocycles. The maximum atomic E-state index is 5.99. The van der Waals surface area contributed by atoms with Crippen LogP contribution in [0.5, 0.6) is 5.88 Å². The number of nitrogen functional groups attached to an aromatic ring is 1. The zero-order valence-electron chi connectivity index (χ0n) is 11.1. The molecular formula is C13H20BrN3O. The van der Waals surface area contributed by atoms with Crippen LogP contribution >= 0.6 is 15.9 Å². The van der Waals surface area contributed by atoms with Gasteiger partial charge in [0.25, 0.3) is 0 Å². The van der Waals surface area contributed by atoms with Crippen LogP contribution in [0.25, 0.3) is 0 Å². The molecule has 1 fully saturated rings. The Labute approximate surface area is 116 Å². The Kier molecular flexibility index (Phi) is 3.80. The summed E-state index contributed by atoms with van der Waals surface area (Å²) in [4.78, 5) is 8.06.